The molecule has 1 aromatic heterocycles. The Balaban J connectivity index is 1.88. The van der Waals surface area contributed by atoms with E-state index in [0.29, 0.717) is 10.6 Å². The standard InChI is InChI=1S/C22H24N2O4S/c1-22(2,3)28-21(26)24-20(23)19-12-15-16(10-7-11-18(15)29-19)27-17(13-25)14-8-5-4-6-9-14/h4-12,17,25H,13H2,1-3H3,(H2,23,24,26)/t17-/m0/s1. The number of amidine groups is 1. The Bertz CT molecular complexity index is 1020. The minimum absolute atomic E-state index is 0.0909. The zero-order valence-corrected chi connectivity index (χ0v) is 17.4. The Labute approximate surface area is 173 Å². The van der Waals surface area contributed by atoms with Crippen molar-refractivity contribution in [3.05, 3.63) is 65.0 Å². The van der Waals surface area contributed by atoms with E-state index in [1.807, 2.05) is 54.6 Å². The average molecular weight is 413 g/mol. The van der Waals surface area contributed by atoms with Gasteiger partial charge < -0.3 is 20.3 Å². The molecule has 1 amide bonds. The summed E-state index contributed by atoms with van der Waals surface area (Å²) in [5.74, 6) is 0.714. The number of ether oxygens (including phenoxy) is 2. The number of rotatable bonds is 5. The second-order valence-corrected chi connectivity index (χ2v) is 8.54. The molecule has 3 rings (SSSR count). The summed E-state index contributed by atoms with van der Waals surface area (Å²) >= 11 is 1.40. The number of aliphatic hydroxyl groups excluding tert-OH is 1. The van der Waals surface area contributed by atoms with Gasteiger partial charge in [-0.05, 0) is 44.5 Å². The van der Waals surface area contributed by atoms with E-state index < -0.39 is 17.8 Å². The summed E-state index contributed by atoms with van der Waals surface area (Å²) < 4.78 is 12.2. The molecule has 0 bridgehead atoms. The largest absolute Gasteiger partial charge is 0.483 e. The number of carbonyl (C=O) groups is 1. The molecule has 0 fully saturated rings. The predicted molar refractivity (Wildman–Crippen MR) is 116 cm³/mol. The third kappa shape index (κ3) is 5.34. The van der Waals surface area contributed by atoms with E-state index in [0.717, 1.165) is 15.6 Å². The van der Waals surface area contributed by atoms with Gasteiger partial charge in [-0.3, -0.25) is 0 Å². The van der Waals surface area contributed by atoms with E-state index in [1.165, 1.54) is 11.3 Å². The molecule has 0 aliphatic rings. The Hall–Kier alpha value is -2.90. The summed E-state index contributed by atoms with van der Waals surface area (Å²) in [4.78, 5) is 16.4. The van der Waals surface area contributed by atoms with Crippen molar-refractivity contribution < 1.29 is 19.4 Å². The molecule has 0 unspecified atom stereocenters. The van der Waals surface area contributed by atoms with Crippen LogP contribution in [0.1, 0.15) is 37.3 Å². The highest BCUT2D eigenvalue weighted by Gasteiger charge is 2.18. The first-order valence-corrected chi connectivity index (χ1v) is 10.0. The molecule has 0 radical (unpaired) electrons. The van der Waals surface area contributed by atoms with Crippen molar-refractivity contribution in [2.45, 2.75) is 32.5 Å². The maximum Gasteiger partial charge on any atom is 0.436 e. The van der Waals surface area contributed by atoms with E-state index in [1.54, 1.807) is 20.8 Å². The second kappa shape index (κ2) is 8.63. The quantitative estimate of drug-likeness (QED) is 0.470. The SMILES string of the molecule is CC(C)(C)OC(=O)/N=C(/N)c1cc2c(O[C@@H](CO)c3ccccc3)cccc2s1. The van der Waals surface area contributed by atoms with Crippen molar-refractivity contribution in [3.63, 3.8) is 0 Å². The molecular formula is C22H24N2O4S. The number of carbonyl (C=O) groups excluding carboxylic acids is 1. The van der Waals surface area contributed by atoms with Gasteiger partial charge in [-0.2, -0.15) is 4.99 Å². The predicted octanol–water partition coefficient (Wildman–Crippen LogP) is 4.65. The number of thiophene rings is 1. The molecule has 6 nitrogen and oxygen atoms in total. The Morgan fingerprint density at radius 3 is 2.55 bits per heavy atom. The third-order valence-corrected chi connectivity index (χ3v) is 5.11. The highest BCUT2D eigenvalue weighted by atomic mass is 32.1. The molecule has 0 saturated heterocycles. The number of nitrogens with two attached hydrogens (primary N) is 1. The highest BCUT2D eigenvalue weighted by Crippen LogP contribution is 2.35. The number of hydrogen-bond donors (Lipinski definition) is 2. The molecule has 3 aromatic rings. The fraction of sp³-hybridized carbons (Fsp3) is 0.273. The van der Waals surface area contributed by atoms with Gasteiger partial charge in [-0.25, -0.2) is 4.79 Å². The molecule has 2 aromatic carbocycles. The number of benzene rings is 2. The van der Waals surface area contributed by atoms with Crippen molar-refractivity contribution in [1.82, 2.24) is 0 Å². The van der Waals surface area contributed by atoms with Crippen LogP contribution < -0.4 is 10.5 Å². The van der Waals surface area contributed by atoms with Crippen molar-refractivity contribution in [1.29, 1.82) is 0 Å². The Morgan fingerprint density at radius 1 is 1.17 bits per heavy atom. The first kappa shape index (κ1) is 20.8. The van der Waals surface area contributed by atoms with Crippen LogP contribution >= 0.6 is 11.3 Å². The van der Waals surface area contributed by atoms with Gasteiger partial charge in [0.2, 0.25) is 0 Å². The van der Waals surface area contributed by atoms with Gasteiger partial charge in [0.05, 0.1) is 11.5 Å². The second-order valence-electron chi connectivity index (χ2n) is 7.46. The van der Waals surface area contributed by atoms with Crippen LogP contribution in [-0.2, 0) is 4.74 Å². The van der Waals surface area contributed by atoms with E-state index in [2.05, 4.69) is 4.99 Å². The Kier molecular flexibility index (Phi) is 6.20. The topological polar surface area (TPSA) is 94.1 Å². The van der Waals surface area contributed by atoms with Crippen LogP contribution in [0.3, 0.4) is 0 Å². The maximum absolute atomic E-state index is 11.9. The molecule has 152 valence electrons. The van der Waals surface area contributed by atoms with Crippen LogP contribution in [-0.4, -0.2) is 29.2 Å². The van der Waals surface area contributed by atoms with Crippen LogP contribution in [0.4, 0.5) is 4.79 Å². The van der Waals surface area contributed by atoms with Crippen LogP contribution in [0.5, 0.6) is 5.75 Å². The molecule has 1 atom stereocenters. The van der Waals surface area contributed by atoms with Gasteiger partial charge in [-0.1, -0.05) is 36.4 Å². The third-order valence-electron chi connectivity index (χ3n) is 3.99. The summed E-state index contributed by atoms with van der Waals surface area (Å²) in [7, 11) is 0. The minimum Gasteiger partial charge on any atom is -0.483 e. The average Bonchev–Trinajstić information content (AvgIpc) is 3.10. The maximum atomic E-state index is 11.9. The molecule has 0 saturated carbocycles. The normalized spacial score (nSPS) is 13.3. The van der Waals surface area contributed by atoms with Crippen molar-refractivity contribution in [2.24, 2.45) is 10.7 Å². The lowest BCUT2D eigenvalue weighted by Gasteiger charge is -2.18. The van der Waals surface area contributed by atoms with Crippen LogP contribution in [0.25, 0.3) is 10.1 Å². The lowest BCUT2D eigenvalue weighted by Crippen LogP contribution is -2.24. The van der Waals surface area contributed by atoms with Crippen molar-refractivity contribution >= 4 is 33.4 Å². The summed E-state index contributed by atoms with van der Waals surface area (Å²) in [5, 5.41) is 10.6. The van der Waals surface area contributed by atoms with Crippen LogP contribution in [0.2, 0.25) is 0 Å². The molecule has 0 aliphatic carbocycles. The summed E-state index contributed by atoms with van der Waals surface area (Å²) in [5.41, 5.74) is 6.27. The molecular weight excluding hydrogens is 388 g/mol. The minimum atomic E-state index is -0.728. The first-order valence-electron chi connectivity index (χ1n) is 9.19. The smallest absolute Gasteiger partial charge is 0.436 e. The van der Waals surface area contributed by atoms with Crippen LogP contribution in [0.15, 0.2) is 59.6 Å². The number of amides is 1. The van der Waals surface area contributed by atoms with E-state index >= 15 is 0 Å². The zero-order valence-electron chi connectivity index (χ0n) is 16.6. The summed E-state index contributed by atoms with van der Waals surface area (Å²) in [6.45, 7) is 5.15. The zero-order chi connectivity index (χ0) is 21.0. The van der Waals surface area contributed by atoms with Gasteiger partial charge in [0, 0.05) is 10.1 Å². The molecule has 29 heavy (non-hydrogen) atoms. The highest BCUT2D eigenvalue weighted by molar-refractivity contribution is 7.21. The monoisotopic (exact) mass is 412 g/mol. The van der Waals surface area contributed by atoms with Gasteiger partial charge in [0.1, 0.15) is 23.3 Å². The van der Waals surface area contributed by atoms with Crippen LogP contribution in [0, 0.1) is 0 Å². The first-order chi connectivity index (χ1) is 13.8. The van der Waals surface area contributed by atoms with Crippen molar-refractivity contribution in [2.75, 3.05) is 6.61 Å². The number of aliphatic imine (C=N–C) groups is 1. The fourth-order valence-electron chi connectivity index (χ4n) is 2.73. The van der Waals surface area contributed by atoms with Gasteiger partial charge in [0.25, 0.3) is 0 Å². The molecule has 7 heteroatoms. The Morgan fingerprint density at radius 2 is 1.90 bits per heavy atom. The molecule has 0 aliphatic heterocycles. The molecule has 3 N–H and O–H groups in total. The summed E-state index contributed by atoms with van der Waals surface area (Å²) in [6, 6.07) is 17.0. The van der Waals surface area contributed by atoms with Crippen molar-refractivity contribution in [3.8, 4) is 5.75 Å². The number of nitrogens with zero attached hydrogens (tertiary/aromatic N) is 1. The van der Waals surface area contributed by atoms with E-state index in [-0.39, 0.29) is 12.4 Å². The van der Waals surface area contributed by atoms with Gasteiger partial charge >= 0.3 is 6.09 Å². The molecule has 0 spiro atoms. The molecule has 1 heterocycles. The fourth-order valence-corrected chi connectivity index (χ4v) is 3.71. The van der Waals surface area contributed by atoms with E-state index in [4.69, 9.17) is 15.2 Å². The number of fused-ring (bicyclic) bond motifs is 1. The number of hydrogen-bond acceptors (Lipinski definition) is 5. The lowest BCUT2D eigenvalue weighted by atomic mass is 10.1. The van der Waals surface area contributed by atoms with Gasteiger partial charge in [0.15, 0.2) is 0 Å². The van der Waals surface area contributed by atoms with E-state index in [9.17, 15) is 9.90 Å². The number of aliphatic hydroxyl groups is 1. The lowest BCUT2D eigenvalue weighted by molar-refractivity contribution is 0.0604. The van der Waals surface area contributed by atoms with Gasteiger partial charge in [-0.15, -0.1) is 11.3 Å². The summed E-state index contributed by atoms with van der Waals surface area (Å²) in [6.07, 6.45) is -1.22.